The number of benzene rings is 2. The van der Waals surface area contributed by atoms with Gasteiger partial charge in [-0.2, -0.15) is 0 Å². The van der Waals surface area contributed by atoms with E-state index in [2.05, 4.69) is 17.9 Å². The molecule has 1 heterocycles. The van der Waals surface area contributed by atoms with E-state index >= 15 is 0 Å². The number of aliphatic hydroxyl groups is 1. The van der Waals surface area contributed by atoms with E-state index < -0.39 is 27.3 Å². The molecule has 2 aromatic rings. The molecule has 242 valence electrons. The first-order chi connectivity index (χ1) is 20.9. The summed E-state index contributed by atoms with van der Waals surface area (Å²) in [4.78, 5) is 14.1. The number of allylic oxidation sites excluding steroid dienone is 1. The maximum absolute atomic E-state index is 12.1. The molecule has 2 aliphatic rings. The van der Waals surface area contributed by atoms with Crippen molar-refractivity contribution < 1.29 is 28.2 Å². The number of rotatable bonds is 14. The summed E-state index contributed by atoms with van der Waals surface area (Å²) in [6.07, 6.45) is 8.53. The zero-order valence-electron chi connectivity index (χ0n) is 26.0. The molecule has 6 unspecified atom stereocenters. The van der Waals surface area contributed by atoms with Gasteiger partial charge in [0.25, 0.3) is 0 Å². The summed E-state index contributed by atoms with van der Waals surface area (Å²) in [7, 11) is -3.64. The second kappa shape index (κ2) is 15.1. The number of anilines is 1. The number of hydrogen-bond donors (Lipinski definition) is 3. The van der Waals surface area contributed by atoms with Gasteiger partial charge in [-0.3, -0.25) is 0 Å². The van der Waals surface area contributed by atoms with E-state index in [1.54, 1.807) is 24.3 Å². The molecule has 6 atom stereocenters. The highest BCUT2D eigenvalue weighted by Gasteiger charge is 2.38. The second-order valence-electron chi connectivity index (χ2n) is 12.5. The van der Waals surface area contributed by atoms with Crippen molar-refractivity contribution in [2.24, 2.45) is 22.9 Å². The quantitative estimate of drug-likeness (QED) is 0.203. The van der Waals surface area contributed by atoms with Gasteiger partial charge in [0.15, 0.2) is 0 Å². The van der Waals surface area contributed by atoms with E-state index in [9.17, 15) is 23.4 Å². The zero-order chi connectivity index (χ0) is 32.0. The topological polar surface area (TPSA) is 130 Å². The Balaban J connectivity index is 1.53. The summed E-state index contributed by atoms with van der Waals surface area (Å²) in [5, 5.41) is 26.5. The zero-order valence-corrected chi connectivity index (χ0v) is 27.6. The normalized spacial score (nSPS) is 22.4. The van der Waals surface area contributed by atoms with Gasteiger partial charge in [0, 0.05) is 24.0 Å². The van der Waals surface area contributed by atoms with Gasteiger partial charge in [-0.25, -0.2) is 18.4 Å². The van der Waals surface area contributed by atoms with Crippen LogP contribution < -0.4 is 14.8 Å². The van der Waals surface area contributed by atoms with Crippen LogP contribution in [0.1, 0.15) is 86.7 Å². The average Bonchev–Trinajstić information content (AvgIpc) is 3.12. The Labute approximate surface area is 267 Å². The minimum Gasteiger partial charge on any atom is -0.491 e. The lowest BCUT2D eigenvalue weighted by molar-refractivity contribution is 0.0461. The molecule has 1 fully saturated rings. The lowest BCUT2D eigenvalue weighted by atomic mass is 9.70. The third-order valence-electron chi connectivity index (χ3n) is 9.33. The third-order valence-corrected chi connectivity index (χ3v) is 11.1. The van der Waals surface area contributed by atoms with Crippen LogP contribution in [0.25, 0.3) is 0 Å². The fourth-order valence-electron chi connectivity index (χ4n) is 6.78. The molecule has 0 aromatic heterocycles. The molecule has 4 rings (SSSR count). The van der Waals surface area contributed by atoms with Gasteiger partial charge >= 0.3 is 5.97 Å². The van der Waals surface area contributed by atoms with E-state index in [1.165, 1.54) is 11.1 Å². The number of aliphatic hydroxyl groups excluding tert-OH is 1. The highest BCUT2D eigenvalue weighted by atomic mass is 35.5. The number of aromatic carboxylic acids is 1. The smallest absolute Gasteiger partial charge is 0.335 e. The fraction of sp³-hybridized carbons (Fsp3) is 0.559. The number of fused-ring (bicyclic) bond motifs is 1. The van der Waals surface area contributed by atoms with Crippen molar-refractivity contribution in [1.29, 1.82) is 0 Å². The highest BCUT2D eigenvalue weighted by molar-refractivity contribution is 7.89. The van der Waals surface area contributed by atoms with E-state index in [4.69, 9.17) is 21.5 Å². The number of sulfonamides is 1. The number of nitrogens with zero attached hydrogens (tertiary/aromatic N) is 1. The predicted octanol–water partition coefficient (Wildman–Crippen LogP) is 6.40. The van der Waals surface area contributed by atoms with Crippen LogP contribution in [0.4, 0.5) is 5.69 Å². The van der Waals surface area contributed by atoms with Crippen molar-refractivity contribution >= 4 is 33.3 Å². The van der Waals surface area contributed by atoms with Crippen molar-refractivity contribution in [2.45, 2.75) is 83.0 Å². The van der Waals surface area contributed by atoms with Crippen LogP contribution in [-0.4, -0.2) is 55.7 Å². The van der Waals surface area contributed by atoms with E-state index in [1.807, 2.05) is 32.1 Å². The van der Waals surface area contributed by atoms with Gasteiger partial charge in [-0.1, -0.05) is 63.4 Å². The first-order valence-corrected chi connectivity index (χ1v) is 17.8. The number of primary sulfonamides is 1. The molecule has 0 bridgehead atoms. The minimum atomic E-state index is -3.64. The van der Waals surface area contributed by atoms with Crippen molar-refractivity contribution in [3.8, 4) is 5.75 Å². The van der Waals surface area contributed by atoms with Crippen molar-refractivity contribution in [2.75, 3.05) is 24.6 Å². The Morgan fingerprint density at radius 1 is 1.18 bits per heavy atom. The van der Waals surface area contributed by atoms with Crippen LogP contribution in [0, 0.1) is 17.8 Å². The maximum Gasteiger partial charge on any atom is 0.335 e. The predicted molar refractivity (Wildman–Crippen MR) is 176 cm³/mol. The maximum atomic E-state index is 12.1. The lowest BCUT2D eigenvalue weighted by Crippen LogP contribution is -2.44. The van der Waals surface area contributed by atoms with Crippen LogP contribution >= 0.6 is 11.6 Å². The number of hydrogen-bond acceptors (Lipinski definition) is 6. The van der Waals surface area contributed by atoms with Crippen LogP contribution in [0.3, 0.4) is 0 Å². The number of halogens is 1. The summed E-state index contributed by atoms with van der Waals surface area (Å²) in [5.41, 5.74) is 3.35. The summed E-state index contributed by atoms with van der Waals surface area (Å²) in [6, 6.07) is 11.0. The number of carboxylic acids is 1. The van der Waals surface area contributed by atoms with Gasteiger partial charge in [0.05, 0.1) is 29.2 Å². The SMILES string of the molecule is CCCc1cc(Cl)ccc1C1COc2ccc(C(=O)O)cc2N(CC2CCC2C(O)/C=C/CC(C)C(CCC)S(N)(=O)=O)C1. The number of ether oxygens (including phenoxy) is 1. The van der Waals surface area contributed by atoms with Gasteiger partial charge < -0.3 is 19.8 Å². The van der Waals surface area contributed by atoms with Crippen LogP contribution in [0.5, 0.6) is 5.75 Å². The molecule has 1 aliphatic carbocycles. The van der Waals surface area contributed by atoms with Gasteiger partial charge in [-0.05, 0) is 91.3 Å². The average molecular weight is 647 g/mol. The number of nitrogens with two attached hydrogens (primary N) is 1. The highest BCUT2D eigenvalue weighted by Crippen LogP contribution is 2.42. The Bertz CT molecular complexity index is 1430. The van der Waals surface area contributed by atoms with Crippen molar-refractivity contribution in [3.05, 3.63) is 70.3 Å². The van der Waals surface area contributed by atoms with Crippen molar-refractivity contribution in [1.82, 2.24) is 0 Å². The molecular weight excluding hydrogens is 600 g/mol. The largest absolute Gasteiger partial charge is 0.491 e. The Hall–Kier alpha value is -2.59. The number of carboxylic acid groups (broad SMARTS) is 1. The molecule has 8 nitrogen and oxygen atoms in total. The standard InChI is InChI=1S/C34H47ClN2O6S/c1-4-7-23-17-27(35)13-15-28(23)26-20-37(30-18-24(34(39)40)12-16-32(30)43-21-26)19-25-11-14-29(25)31(38)10-6-9-22(3)33(8-5-2)44(36,41)42/h6,10,12-13,15-18,22,25-26,29,31,33,38H,4-5,7-9,11,14,19-21H2,1-3H3,(H,39,40)(H2,36,41,42)/b10-6+. The molecule has 0 radical (unpaired) electrons. The van der Waals surface area contributed by atoms with Crippen LogP contribution in [-0.2, 0) is 16.4 Å². The Morgan fingerprint density at radius 2 is 1.95 bits per heavy atom. The number of carbonyl (C=O) groups is 1. The van der Waals surface area contributed by atoms with E-state index in [0.29, 0.717) is 43.3 Å². The Morgan fingerprint density at radius 3 is 2.59 bits per heavy atom. The molecule has 1 saturated carbocycles. The van der Waals surface area contributed by atoms with Gasteiger partial charge in [0.2, 0.25) is 10.0 Å². The van der Waals surface area contributed by atoms with Crippen LogP contribution in [0.2, 0.25) is 5.02 Å². The molecule has 0 saturated heterocycles. The molecular formula is C34H47ClN2O6S. The fourth-order valence-corrected chi connectivity index (χ4v) is 8.30. The van der Waals surface area contributed by atoms with E-state index in [-0.39, 0.29) is 29.2 Å². The third kappa shape index (κ3) is 8.36. The summed E-state index contributed by atoms with van der Waals surface area (Å²) in [5.74, 6) is -0.183. The summed E-state index contributed by atoms with van der Waals surface area (Å²) < 4.78 is 30.4. The Kier molecular flexibility index (Phi) is 11.8. The molecule has 2 aromatic carbocycles. The molecule has 44 heavy (non-hydrogen) atoms. The lowest BCUT2D eigenvalue weighted by Gasteiger charge is -2.42. The van der Waals surface area contributed by atoms with Gasteiger partial charge in [-0.15, -0.1) is 0 Å². The first kappa shape index (κ1) is 34.3. The van der Waals surface area contributed by atoms with E-state index in [0.717, 1.165) is 37.8 Å². The molecule has 10 heteroatoms. The molecule has 4 N–H and O–H groups in total. The summed E-state index contributed by atoms with van der Waals surface area (Å²) >= 11 is 6.36. The first-order valence-electron chi connectivity index (χ1n) is 15.8. The summed E-state index contributed by atoms with van der Waals surface area (Å²) in [6.45, 7) is 7.74. The molecule has 1 aliphatic heterocycles. The second-order valence-corrected chi connectivity index (χ2v) is 14.8. The monoisotopic (exact) mass is 646 g/mol. The van der Waals surface area contributed by atoms with Crippen molar-refractivity contribution in [3.63, 3.8) is 0 Å². The number of aryl methyl sites for hydroxylation is 1. The molecule has 0 spiro atoms. The minimum absolute atomic E-state index is 0.0474. The van der Waals surface area contributed by atoms with Crippen LogP contribution in [0.15, 0.2) is 48.6 Å². The van der Waals surface area contributed by atoms with Gasteiger partial charge in [0.1, 0.15) is 5.75 Å². The molecule has 0 amide bonds.